The molecule has 8 nitrogen and oxygen atoms in total. The summed E-state index contributed by atoms with van der Waals surface area (Å²) in [5.74, 6) is 0.837. The second-order valence-electron chi connectivity index (χ2n) is 12.9. The number of hydrogen-bond donors (Lipinski definition) is 0. The Bertz CT molecular complexity index is 1210. The number of benzene rings is 2. The summed E-state index contributed by atoms with van der Waals surface area (Å²) in [6, 6.07) is 16.3. The van der Waals surface area contributed by atoms with Crippen LogP contribution in [0.5, 0.6) is 0 Å². The lowest BCUT2D eigenvalue weighted by Gasteiger charge is -2.56. The Morgan fingerprint density at radius 1 is 0.595 bits per heavy atom. The predicted octanol–water partition coefficient (Wildman–Crippen LogP) is 4.41. The van der Waals surface area contributed by atoms with Gasteiger partial charge in [-0.2, -0.15) is 0 Å². The van der Waals surface area contributed by atoms with Crippen molar-refractivity contribution in [2.24, 2.45) is 11.8 Å². The van der Waals surface area contributed by atoms with Gasteiger partial charge in [0.25, 0.3) is 0 Å². The van der Waals surface area contributed by atoms with Crippen LogP contribution in [0.1, 0.15) is 62.7 Å². The number of piperidine rings is 2. The first-order valence-corrected chi connectivity index (χ1v) is 16.0. The first-order valence-electron chi connectivity index (χ1n) is 16.0. The number of ether oxygens (including phenoxy) is 2. The van der Waals surface area contributed by atoms with Crippen LogP contribution in [0.2, 0.25) is 0 Å². The van der Waals surface area contributed by atoms with Gasteiger partial charge in [0.15, 0.2) is 0 Å². The molecule has 7 rings (SSSR count). The van der Waals surface area contributed by atoms with Crippen LogP contribution in [0.15, 0.2) is 48.5 Å². The molecule has 0 bridgehead atoms. The molecule has 6 atom stereocenters. The van der Waals surface area contributed by atoms with Crippen molar-refractivity contribution < 1.29 is 19.1 Å². The van der Waals surface area contributed by atoms with E-state index in [-0.39, 0.29) is 35.7 Å². The van der Waals surface area contributed by atoms with Crippen molar-refractivity contribution in [1.82, 2.24) is 9.80 Å². The molecule has 0 spiro atoms. The minimum absolute atomic E-state index is 0.0919. The van der Waals surface area contributed by atoms with Crippen molar-refractivity contribution in [3.05, 3.63) is 59.7 Å². The predicted molar refractivity (Wildman–Crippen MR) is 162 cm³/mol. The van der Waals surface area contributed by atoms with Crippen molar-refractivity contribution in [3.8, 4) is 0 Å². The standard InChI is InChI=1S/C34H44N4O4/c1-23-9-11-29-34(40)38-30(12-10-24(2)32(38)26-6-4-8-28(22-26)36-15-19-42-20-16-36)33(39)37(29)31(23)25-5-3-7-27(21-25)35-13-17-41-18-14-35/h3-8,21-24,29-32H,9-20H2,1-2H3/t23?,24?,29?,30?,31-,32?/m1/s1. The summed E-state index contributed by atoms with van der Waals surface area (Å²) in [5, 5.41) is 0. The number of amides is 2. The normalized spacial score (nSPS) is 32.0. The minimum atomic E-state index is -0.405. The third-order valence-corrected chi connectivity index (χ3v) is 10.4. The van der Waals surface area contributed by atoms with Gasteiger partial charge in [-0.25, -0.2) is 0 Å². The maximum Gasteiger partial charge on any atom is 0.246 e. The Hall–Kier alpha value is -3.10. The average molecular weight is 573 g/mol. The van der Waals surface area contributed by atoms with Crippen LogP contribution in [0.3, 0.4) is 0 Å². The van der Waals surface area contributed by atoms with E-state index >= 15 is 0 Å². The molecule has 42 heavy (non-hydrogen) atoms. The van der Waals surface area contributed by atoms with Crippen molar-refractivity contribution in [1.29, 1.82) is 0 Å². The van der Waals surface area contributed by atoms with Crippen LogP contribution in [-0.4, -0.2) is 86.3 Å². The Balaban J connectivity index is 1.20. The third-order valence-electron chi connectivity index (χ3n) is 10.4. The van der Waals surface area contributed by atoms with Crippen molar-refractivity contribution in [3.63, 3.8) is 0 Å². The van der Waals surface area contributed by atoms with Crippen molar-refractivity contribution >= 4 is 23.2 Å². The number of fused-ring (bicyclic) bond motifs is 2. The number of hydrogen-bond acceptors (Lipinski definition) is 6. The highest BCUT2D eigenvalue weighted by Gasteiger charge is 2.55. The Morgan fingerprint density at radius 2 is 1.00 bits per heavy atom. The molecular formula is C34H44N4O4. The van der Waals surface area contributed by atoms with Gasteiger partial charge in [-0.05, 0) is 72.9 Å². The van der Waals surface area contributed by atoms with E-state index in [9.17, 15) is 9.59 Å². The second-order valence-corrected chi connectivity index (χ2v) is 12.9. The van der Waals surface area contributed by atoms with Crippen LogP contribution in [0, 0.1) is 11.8 Å². The summed E-state index contributed by atoms with van der Waals surface area (Å²) >= 11 is 0. The number of nitrogens with zero attached hydrogens (tertiary/aromatic N) is 4. The lowest BCUT2D eigenvalue weighted by molar-refractivity contribution is -0.177. The summed E-state index contributed by atoms with van der Waals surface area (Å²) in [7, 11) is 0. The van der Waals surface area contributed by atoms with E-state index in [1.807, 2.05) is 9.80 Å². The maximum absolute atomic E-state index is 14.5. The topological polar surface area (TPSA) is 65.6 Å². The zero-order valence-corrected chi connectivity index (χ0v) is 25.0. The SMILES string of the molecule is CC1CCC2C(=O)N3C(CCC(C)[C@@H]3c3cccc(N4CCOCC4)c3)C(=O)N2C1c1cccc(N2CCOCC2)c1. The fourth-order valence-electron chi connectivity index (χ4n) is 8.21. The smallest absolute Gasteiger partial charge is 0.246 e. The van der Waals surface area contributed by atoms with Crippen LogP contribution >= 0.6 is 0 Å². The van der Waals surface area contributed by atoms with Crippen molar-refractivity contribution in [2.45, 2.75) is 63.7 Å². The average Bonchev–Trinajstić information content (AvgIpc) is 3.04. The van der Waals surface area contributed by atoms with Gasteiger partial charge >= 0.3 is 0 Å². The Labute approximate surface area is 249 Å². The van der Waals surface area contributed by atoms with Gasteiger partial charge in [0, 0.05) is 37.6 Å². The third kappa shape index (κ3) is 4.86. The van der Waals surface area contributed by atoms with E-state index in [1.165, 1.54) is 11.4 Å². The molecule has 0 N–H and O–H groups in total. The molecule has 224 valence electrons. The summed E-state index contributed by atoms with van der Waals surface area (Å²) in [4.78, 5) is 37.8. The Kier molecular flexibility index (Phi) is 7.61. The molecule has 2 amide bonds. The number of rotatable bonds is 4. The molecular weight excluding hydrogens is 528 g/mol. The molecule has 2 aromatic rings. The summed E-state index contributed by atoms with van der Waals surface area (Å²) in [5.41, 5.74) is 4.64. The quantitative estimate of drug-likeness (QED) is 0.541. The molecule has 5 saturated heterocycles. The van der Waals surface area contributed by atoms with E-state index in [0.29, 0.717) is 0 Å². The van der Waals surface area contributed by atoms with Crippen LogP contribution in [-0.2, 0) is 19.1 Å². The van der Waals surface area contributed by atoms with Crippen LogP contribution < -0.4 is 9.80 Å². The molecule has 5 aliphatic heterocycles. The number of anilines is 2. The number of carbonyl (C=O) groups is 2. The first-order chi connectivity index (χ1) is 20.5. The highest BCUT2D eigenvalue weighted by molar-refractivity contribution is 5.98. The van der Waals surface area contributed by atoms with E-state index < -0.39 is 12.1 Å². The van der Waals surface area contributed by atoms with Gasteiger partial charge in [-0.3, -0.25) is 9.59 Å². The minimum Gasteiger partial charge on any atom is -0.378 e. The lowest BCUT2D eigenvalue weighted by atomic mass is 9.76. The summed E-state index contributed by atoms with van der Waals surface area (Å²) < 4.78 is 11.1. The highest BCUT2D eigenvalue weighted by Crippen LogP contribution is 2.48. The highest BCUT2D eigenvalue weighted by atomic mass is 16.5. The van der Waals surface area contributed by atoms with E-state index in [0.717, 1.165) is 89.4 Å². The number of piperazine rings is 1. The molecule has 8 heteroatoms. The zero-order valence-electron chi connectivity index (χ0n) is 25.0. The monoisotopic (exact) mass is 572 g/mol. The molecule has 5 heterocycles. The van der Waals surface area contributed by atoms with E-state index in [4.69, 9.17) is 9.47 Å². The molecule has 0 aliphatic carbocycles. The van der Waals surface area contributed by atoms with Crippen LogP contribution in [0.4, 0.5) is 11.4 Å². The number of morpholine rings is 2. The maximum atomic E-state index is 14.5. The van der Waals surface area contributed by atoms with Gasteiger partial charge < -0.3 is 29.1 Å². The molecule has 5 aliphatic rings. The fraction of sp³-hybridized carbons (Fsp3) is 0.588. The van der Waals surface area contributed by atoms with Gasteiger partial charge in [0.05, 0.1) is 38.5 Å². The largest absolute Gasteiger partial charge is 0.378 e. The molecule has 0 saturated carbocycles. The molecule has 5 fully saturated rings. The van der Waals surface area contributed by atoms with Crippen LogP contribution in [0.25, 0.3) is 0 Å². The van der Waals surface area contributed by atoms with E-state index in [2.05, 4.69) is 72.2 Å². The summed E-state index contributed by atoms with van der Waals surface area (Å²) in [6.45, 7) is 10.9. The second kappa shape index (κ2) is 11.5. The van der Waals surface area contributed by atoms with Gasteiger partial charge in [-0.1, -0.05) is 38.1 Å². The van der Waals surface area contributed by atoms with Gasteiger partial charge in [0.1, 0.15) is 12.1 Å². The molecule has 2 aromatic carbocycles. The molecule has 5 unspecified atom stereocenters. The number of carbonyl (C=O) groups excluding carboxylic acids is 2. The fourth-order valence-corrected chi connectivity index (χ4v) is 8.21. The van der Waals surface area contributed by atoms with Gasteiger partial charge in [0.2, 0.25) is 11.8 Å². The molecule has 0 radical (unpaired) electrons. The molecule has 0 aromatic heterocycles. The van der Waals surface area contributed by atoms with Crippen molar-refractivity contribution in [2.75, 3.05) is 62.4 Å². The summed E-state index contributed by atoms with van der Waals surface area (Å²) in [6.07, 6.45) is 3.31. The van der Waals surface area contributed by atoms with Gasteiger partial charge in [-0.15, -0.1) is 0 Å². The Morgan fingerprint density at radius 3 is 1.40 bits per heavy atom. The van der Waals surface area contributed by atoms with E-state index in [1.54, 1.807) is 0 Å². The lowest BCUT2D eigenvalue weighted by Crippen LogP contribution is -2.69. The zero-order chi connectivity index (χ0) is 28.8. The first kappa shape index (κ1) is 27.7.